The van der Waals surface area contributed by atoms with Crippen LogP contribution >= 0.6 is 0 Å². The van der Waals surface area contributed by atoms with Crippen LogP contribution in [0.1, 0.15) is 30.3 Å². The minimum Gasteiger partial charge on any atom is -0.505 e. The maximum atomic E-state index is 12.2. The molecule has 0 spiro atoms. The fraction of sp³-hybridized carbons (Fsp3) is 0.538. The lowest BCUT2D eigenvalue weighted by Gasteiger charge is -2.32. The lowest BCUT2D eigenvalue weighted by Crippen LogP contribution is -2.43. The molecule has 1 fully saturated rings. The van der Waals surface area contributed by atoms with Crippen molar-refractivity contribution in [3.05, 3.63) is 24.0 Å². The zero-order valence-corrected chi connectivity index (χ0v) is 10.5. The molecule has 2 rings (SSSR count). The molecule has 0 radical (unpaired) electrons. The predicted molar refractivity (Wildman–Crippen MR) is 66.5 cm³/mol. The van der Waals surface area contributed by atoms with Crippen LogP contribution in [0.15, 0.2) is 18.3 Å². The van der Waals surface area contributed by atoms with E-state index in [1.165, 1.54) is 12.3 Å². The largest absolute Gasteiger partial charge is 0.505 e. The SMILES string of the molecule is CCOC1CCCN(C(=O)c2ncccc2O)C1. The van der Waals surface area contributed by atoms with E-state index in [9.17, 15) is 9.90 Å². The quantitative estimate of drug-likeness (QED) is 0.881. The monoisotopic (exact) mass is 250 g/mol. The van der Waals surface area contributed by atoms with E-state index in [0.717, 1.165) is 12.8 Å². The second kappa shape index (κ2) is 5.82. The summed E-state index contributed by atoms with van der Waals surface area (Å²) in [6.07, 6.45) is 3.51. The highest BCUT2D eigenvalue weighted by Gasteiger charge is 2.26. The number of piperidine rings is 1. The Hall–Kier alpha value is -1.62. The van der Waals surface area contributed by atoms with Crippen molar-refractivity contribution >= 4 is 5.91 Å². The second-order valence-electron chi connectivity index (χ2n) is 4.34. The highest BCUT2D eigenvalue weighted by atomic mass is 16.5. The number of hydrogen-bond donors (Lipinski definition) is 1. The third-order valence-electron chi connectivity index (χ3n) is 3.06. The van der Waals surface area contributed by atoms with Crippen LogP contribution < -0.4 is 0 Å². The Morgan fingerprint density at radius 1 is 1.67 bits per heavy atom. The minimum atomic E-state index is -0.225. The predicted octanol–water partition coefficient (Wildman–Crippen LogP) is 1.43. The van der Waals surface area contributed by atoms with Gasteiger partial charge in [0, 0.05) is 25.9 Å². The lowest BCUT2D eigenvalue weighted by molar-refractivity contribution is 0.00692. The van der Waals surface area contributed by atoms with Crippen LogP contribution in [0.25, 0.3) is 0 Å². The number of ether oxygens (including phenoxy) is 1. The molecular weight excluding hydrogens is 232 g/mol. The summed E-state index contributed by atoms with van der Waals surface area (Å²) in [4.78, 5) is 17.9. The van der Waals surface area contributed by atoms with Crippen molar-refractivity contribution in [3.8, 4) is 5.75 Å². The van der Waals surface area contributed by atoms with Gasteiger partial charge in [-0.15, -0.1) is 0 Å². The smallest absolute Gasteiger partial charge is 0.276 e. The molecule has 1 aromatic heterocycles. The second-order valence-corrected chi connectivity index (χ2v) is 4.34. The van der Waals surface area contributed by atoms with Gasteiger partial charge in [-0.25, -0.2) is 4.98 Å². The summed E-state index contributed by atoms with van der Waals surface area (Å²) in [6.45, 7) is 3.87. The van der Waals surface area contributed by atoms with Gasteiger partial charge >= 0.3 is 0 Å². The molecule has 2 heterocycles. The number of carbonyl (C=O) groups excluding carboxylic acids is 1. The maximum Gasteiger partial charge on any atom is 0.276 e. The Kier molecular flexibility index (Phi) is 4.15. The normalized spacial score (nSPS) is 19.8. The minimum absolute atomic E-state index is 0.0685. The van der Waals surface area contributed by atoms with E-state index in [4.69, 9.17) is 4.74 Å². The first-order valence-corrected chi connectivity index (χ1v) is 6.27. The number of likely N-dealkylation sites (tertiary alicyclic amines) is 1. The summed E-state index contributed by atoms with van der Waals surface area (Å²) in [5.74, 6) is -0.293. The highest BCUT2D eigenvalue weighted by molar-refractivity contribution is 5.94. The summed E-state index contributed by atoms with van der Waals surface area (Å²) in [5.41, 5.74) is 0.120. The van der Waals surface area contributed by atoms with E-state index in [1.807, 2.05) is 6.92 Å². The molecule has 18 heavy (non-hydrogen) atoms. The van der Waals surface area contributed by atoms with Gasteiger partial charge in [0.05, 0.1) is 6.10 Å². The first-order chi connectivity index (χ1) is 8.72. The summed E-state index contributed by atoms with van der Waals surface area (Å²) in [7, 11) is 0. The van der Waals surface area contributed by atoms with Crippen LogP contribution in [-0.4, -0.2) is 46.7 Å². The number of amides is 1. The van der Waals surface area contributed by atoms with E-state index >= 15 is 0 Å². The first kappa shape index (κ1) is 12.8. The number of pyridine rings is 1. The molecule has 1 N–H and O–H groups in total. The van der Waals surface area contributed by atoms with Crippen molar-refractivity contribution in [1.82, 2.24) is 9.88 Å². The number of hydrogen-bond acceptors (Lipinski definition) is 4. The Balaban J connectivity index is 2.07. The van der Waals surface area contributed by atoms with Gasteiger partial charge in [0.25, 0.3) is 5.91 Å². The molecule has 1 aliphatic rings. The van der Waals surface area contributed by atoms with Crippen LogP contribution in [0.2, 0.25) is 0 Å². The molecule has 1 aromatic rings. The number of carbonyl (C=O) groups is 1. The van der Waals surface area contributed by atoms with Crippen molar-refractivity contribution in [2.24, 2.45) is 0 Å². The van der Waals surface area contributed by atoms with Crippen LogP contribution in [-0.2, 0) is 4.74 Å². The average molecular weight is 250 g/mol. The van der Waals surface area contributed by atoms with Gasteiger partial charge < -0.3 is 14.7 Å². The Morgan fingerprint density at radius 3 is 3.22 bits per heavy atom. The van der Waals surface area contributed by atoms with Crippen LogP contribution in [0.5, 0.6) is 5.75 Å². The molecule has 1 saturated heterocycles. The van der Waals surface area contributed by atoms with Crippen LogP contribution in [0.3, 0.4) is 0 Å². The third kappa shape index (κ3) is 2.79. The summed E-state index contributed by atoms with van der Waals surface area (Å²) >= 11 is 0. The Morgan fingerprint density at radius 2 is 2.50 bits per heavy atom. The molecule has 1 amide bonds. The Bertz CT molecular complexity index is 420. The topological polar surface area (TPSA) is 62.7 Å². The van der Waals surface area contributed by atoms with Crippen molar-refractivity contribution < 1.29 is 14.6 Å². The van der Waals surface area contributed by atoms with E-state index in [1.54, 1.807) is 11.0 Å². The van der Waals surface area contributed by atoms with E-state index in [2.05, 4.69) is 4.98 Å². The molecule has 0 aromatic carbocycles. The van der Waals surface area contributed by atoms with Gasteiger partial charge in [0.2, 0.25) is 0 Å². The molecule has 98 valence electrons. The van der Waals surface area contributed by atoms with Gasteiger partial charge in [-0.2, -0.15) is 0 Å². The number of aromatic hydroxyl groups is 1. The Labute approximate surface area is 106 Å². The molecule has 1 aliphatic heterocycles. The first-order valence-electron chi connectivity index (χ1n) is 6.27. The van der Waals surface area contributed by atoms with E-state index in [0.29, 0.717) is 19.7 Å². The molecule has 1 unspecified atom stereocenters. The van der Waals surface area contributed by atoms with Gasteiger partial charge in [-0.3, -0.25) is 4.79 Å². The number of nitrogens with zero attached hydrogens (tertiary/aromatic N) is 2. The molecule has 0 saturated carbocycles. The lowest BCUT2D eigenvalue weighted by atomic mass is 10.1. The van der Waals surface area contributed by atoms with Gasteiger partial charge in [0.1, 0.15) is 5.75 Å². The average Bonchev–Trinajstić information content (AvgIpc) is 2.39. The number of rotatable bonds is 3. The van der Waals surface area contributed by atoms with Gasteiger partial charge in [-0.05, 0) is 31.9 Å². The molecule has 1 atom stereocenters. The zero-order valence-electron chi connectivity index (χ0n) is 10.5. The third-order valence-corrected chi connectivity index (χ3v) is 3.06. The van der Waals surface area contributed by atoms with Crippen LogP contribution in [0.4, 0.5) is 0 Å². The van der Waals surface area contributed by atoms with Crippen molar-refractivity contribution in [3.63, 3.8) is 0 Å². The molecule has 0 bridgehead atoms. The molecule has 5 heteroatoms. The highest BCUT2D eigenvalue weighted by Crippen LogP contribution is 2.19. The zero-order chi connectivity index (χ0) is 13.0. The standard InChI is InChI=1S/C13H18N2O3/c1-2-18-10-5-4-8-15(9-10)13(17)12-11(16)6-3-7-14-12/h3,6-7,10,16H,2,4-5,8-9H2,1H3. The van der Waals surface area contributed by atoms with Crippen LogP contribution in [0, 0.1) is 0 Å². The molecule has 5 nitrogen and oxygen atoms in total. The maximum absolute atomic E-state index is 12.2. The molecule has 0 aliphatic carbocycles. The van der Waals surface area contributed by atoms with Crippen molar-refractivity contribution in [2.75, 3.05) is 19.7 Å². The van der Waals surface area contributed by atoms with Gasteiger partial charge in [0.15, 0.2) is 5.69 Å². The number of aromatic nitrogens is 1. The van der Waals surface area contributed by atoms with Crippen molar-refractivity contribution in [2.45, 2.75) is 25.9 Å². The fourth-order valence-electron chi connectivity index (χ4n) is 2.21. The van der Waals surface area contributed by atoms with Crippen molar-refractivity contribution in [1.29, 1.82) is 0 Å². The summed E-state index contributed by atoms with van der Waals surface area (Å²) < 4.78 is 5.55. The van der Waals surface area contributed by atoms with E-state index < -0.39 is 0 Å². The molecular formula is C13H18N2O3. The summed E-state index contributed by atoms with van der Waals surface area (Å²) in [6, 6.07) is 3.08. The van der Waals surface area contributed by atoms with Gasteiger partial charge in [-0.1, -0.05) is 0 Å². The summed E-state index contributed by atoms with van der Waals surface area (Å²) in [5, 5.41) is 9.64. The fourth-order valence-corrected chi connectivity index (χ4v) is 2.21. The van der Waals surface area contributed by atoms with E-state index in [-0.39, 0.29) is 23.5 Å².